The summed E-state index contributed by atoms with van der Waals surface area (Å²) >= 11 is 0. The summed E-state index contributed by atoms with van der Waals surface area (Å²) < 4.78 is 27.7. The Labute approximate surface area is 96.6 Å². The van der Waals surface area contributed by atoms with Gasteiger partial charge in [-0.3, -0.25) is 4.18 Å². The van der Waals surface area contributed by atoms with E-state index in [9.17, 15) is 13.5 Å². The van der Waals surface area contributed by atoms with Crippen LogP contribution in [-0.4, -0.2) is 42.7 Å². The first-order valence-corrected chi connectivity index (χ1v) is 6.92. The van der Waals surface area contributed by atoms with Crippen molar-refractivity contribution < 1.29 is 22.8 Å². The van der Waals surface area contributed by atoms with Gasteiger partial charge in [0.15, 0.2) is 0 Å². The molecule has 0 radical (unpaired) electrons. The van der Waals surface area contributed by atoms with E-state index in [4.69, 9.17) is 9.29 Å². The zero-order chi connectivity index (χ0) is 12.4. The topological polar surface area (TPSA) is 83.8 Å². The van der Waals surface area contributed by atoms with Gasteiger partial charge in [0.1, 0.15) is 4.75 Å². The van der Waals surface area contributed by atoms with Gasteiger partial charge < -0.3 is 10.2 Å². The molecule has 1 fully saturated rings. The van der Waals surface area contributed by atoms with Crippen molar-refractivity contribution in [2.75, 3.05) is 13.2 Å². The van der Waals surface area contributed by atoms with E-state index in [2.05, 4.69) is 0 Å². The van der Waals surface area contributed by atoms with Crippen molar-refractivity contribution >= 4 is 10.1 Å². The molecular weight excluding hydrogens is 232 g/mol. The van der Waals surface area contributed by atoms with Crippen molar-refractivity contribution in [1.82, 2.24) is 0 Å². The molecule has 0 unspecified atom stereocenters. The molecule has 0 aromatic rings. The van der Waals surface area contributed by atoms with Crippen molar-refractivity contribution in [3.05, 3.63) is 0 Å². The summed E-state index contributed by atoms with van der Waals surface area (Å²) in [7, 11) is -3.62. The van der Waals surface area contributed by atoms with E-state index in [0.717, 1.165) is 0 Å². The molecule has 1 aliphatic rings. The molecule has 0 spiro atoms. The van der Waals surface area contributed by atoms with Crippen LogP contribution in [0.4, 0.5) is 0 Å². The Balaban J connectivity index is 2.61. The highest BCUT2D eigenvalue weighted by Gasteiger charge is 2.56. The minimum atomic E-state index is -3.62. The van der Waals surface area contributed by atoms with Gasteiger partial charge in [-0.25, -0.2) is 0 Å². The number of aliphatic hydroxyl groups is 2. The van der Waals surface area contributed by atoms with Crippen LogP contribution >= 0.6 is 0 Å². The van der Waals surface area contributed by atoms with E-state index in [1.165, 1.54) is 0 Å². The lowest BCUT2D eigenvalue weighted by molar-refractivity contribution is 0.0845. The highest BCUT2D eigenvalue weighted by molar-refractivity contribution is 7.88. The van der Waals surface area contributed by atoms with E-state index in [1.807, 2.05) is 13.8 Å². The normalized spacial score (nSPS) is 21.1. The van der Waals surface area contributed by atoms with Gasteiger partial charge in [-0.1, -0.05) is 13.8 Å². The summed E-state index contributed by atoms with van der Waals surface area (Å²) in [6, 6.07) is 0. The molecule has 0 saturated heterocycles. The summed E-state index contributed by atoms with van der Waals surface area (Å²) in [5.41, 5.74) is 0. The smallest absolute Gasteiger partial charge is 0.273 e. The maximum Gasteiger partial charge on any atom is 0.273 e. The summed E-state index contributed by atoms with van der Waals surface area (Å²) in [5, 5.41) is 18.0. The Kier molecular flexibility index (Phi) is 4.34. The van der Waals surface area contributed by atoms with Crippen molar-refractivity contribution in [3.63, 3.8) is 0 Å². The van der Waals surface area contributed by atoms with Crippen molar-refractivity contribution in [3.8, 4) is 0 Å². The van der Waals surface area contributed by atoms with Gasteiger partial charge in [-0.05, 0) is 25.2 Å². The minimum absolute atomic E-state index is 0.0595. The molecule has 6 heteroatoms. The Morgan fingerprint density at radius 3 is 2.31 bits per heavy atom. The summed E-state index contributed by atoms with van der Waals surface area (Å²) in [6.45, 7) is 3.50. The van der Waals surface area contributed by atoms with E-state index in [1.54, 1.807) is 0 Å². The van der Waals surface area contributed by atoms with Crippen LogP contribution in [0.25, 0.3) is 0 Å². The van der Waals surface area contributed by atoms with Gasteiger partial charge in [0, 0.05) is 0 Å². The first-order chi connectivity index (χ1) is 7.33. The SMILES string of the molecule is CC(C)COS(=O)(=O)C1(C[C@H](O)CO)CC1. The van der Waals surface area contributed by atoms with E-state index in [-0.39, 0.29) is 18.9 Å². The Bertz CT molecular complexity index is 318. The van der Waals surface area contributed by atoms with E-state index >= 15 is 0 Å². The third-order valence-corrected chi connectivity index (χ3v) is 4.79. The standard InChI is InChI=1S/C10H20O5S/c1-8(2)7-15-16(13,14)10(3-4-10)5-9(12)6-11/h8-9,11-12H,3-7H2,1-2H3/t9-/m0/s1. The molecule has 1 rings (SSSR count). The molecule has 0 aromatic carbocycles. The van der Waals surface area contributed by atoms with E-state index < -0.39 is 27.6 Å². The molecule has 5 nitrogen and oxygen atoms in total. The Morgan fingerprint density at radius 2 is 1.94 bits per heavy atom. The fraction of sp³-hybridized carbons (Fsp3) is 1.00. The van der Waals surface area contributed by atoms with Crippen LogP contribution in [0.2, 0.25) is 0 Å². The summed E-state index contributed by atoms with van der Waals surface area (Å²) in [6.07, 6.45) is 0.0822. The third-order valence-electron chi connectivity index (χ3n) is 2.71. The van der Waals surface area contributed by atoms with Crippen LogP contribution in [0.1, 0.15) is 33.1 Å². The van der Waals surface area contributed by atoms with Crippen LogP contribution in [-0.2, 0) is 14.3 Å². The largest absolute Gasteiger partial charge is 0.394 e. The number of rotatable bonds is 7. The molecule has 0 aromatic heterocycles. The van der Waals surface area contributed by atoms with Gasteiger partial charge in [0.2, 0.25) is 0 Å². The van der Waals surface area contributed by atoms with Gasteiger partial charge in [-0.2, -0.15) is 8.42 Å². The lowest BCUT2D eigenvalue weighted by Gasteiger charge is -2.19. The average Bonchev–Trinajstić information content (AvgIpc) is 2.96. The fourth-order valence-electron chi connectivity index (χ4n) is 1.54. The van der Waals surface area contributed by atoms with Crippen LogP contribution < -0.4 is 0 Å². The molecule has 96 valence electrons. The maximum atomic E-state index is 11.9. The molecule has 16 heavy (non-hydrogen) atoms. The van der Waals surface area contributed by atoms with Gasteiger partial charge >= 0.3 is 0 Å². The molecule has 1 saturated carbocycles. The number of hydrogen-bond donors (Lipinski definition) is 2. The first kappa shape index (κ1) is 13.9. The monoisotopic (exact) mass is 252 g/mol. The van der Waals surface area contributed by atoms with Crippen molar-refractivity contribution in [2.24, 2.45) is 5.92 Å². The lowest BCUT2D eigenvalue weighted by Crippen LogP contribution is -2.32. The Morgan fingerprint density at radius 1 is 1.38 bits per heavy atom. The average molecular weight is 252 g/mol. The lowest BCUT2D eigenvalue weighted by atomic mass is 10.2. The second-order valence-corrected chi connectivity index (χ2v) is 6.87. The first-order valence-electron chi connectivity index (χ1n) is 5.51. The Hall–Kier alpha value is -0.170. The van der Waals surface area contributed by atoms with E-state index in [0.29, 0.717) is 12.8 Å². The predicted molar refractivity (Wildman–Crippen MR) is 59.4 cm³/mol. The minimum Gasteiger partial charge on any atom is -0.394 e. The van der Waals surface area contributed by atoms with Gasteiger partial charge in [0.05, 0.1) is 19.3 Å². The zero-order valence-corrected chi connectivity index (χ0v) is 10.5. The molecular formula is C10H20O5S. The maximum absolute atomic E-state index is 11.9. The van der Waals surface area contributed by atoms with Gasteiger partial charge in [-0.15, -0.1) is 0 Å². The molecule has 0 heterocycles. The molecule has 1 aliphatic carbocycles. The van der Waals surface area contributed by atoms with Crippen LogP contribution in [0.5, 0.6) is 0 Å². The second-order valence-electron chi connectivity index (χ2n) is 4.86. The number of aliphatic hydroxyl groups excluding tert-OH is 2. The van der Waals surface area contributed by atoms with Gasteiger partial charge in [0.25, 0.3) is 10.1 Å². The van der Waals surface area contributed by atoms with Crippen LogP contribution in [0, 0.1) is 5.92 Å². The number of hydrogen-bond acceptors (Lipinski definition) is 5. The summed E-state index contributed by atoms with van der Waals surface area (Å²) in [5.74, 6) is 0.147. The molecule has 0 amide bonds. The van der Waals surface area contributed by atoms with Crippen molar-refractivity contribution in [2.45, 2.75) is 44.0 Å². The summed E-state index contributed by atoms with van der Waals surface area (Å²) in [4.78, 5) is 0. The molecule has 1 atom stereocenters. The zero-order valence-electron chi connectivity index (χ0n) is 9.72. The predicted octanol–water partition coefficient (Wildman–Crippen LogP) is 0.265. The highest BCUT2D eigenvalue weighted by atomic mass is 32.2. The highest BCUT2D eigenvalue weighted by Crippen LogP contribution is 2.48. The third kappa shape index (κ3) is 3.16. The fourth-order valence-corrected chi connectivity index (χ4v) is 3.24. The molecule has 0 bridgehead atoms. The second kappa shape index (κ2) is 5.00. The van der Waals surface area contributed by atoms with Crippen molar-refractivity contribution in [1.29, 1.82) is 0 Å². The quantitative estimate of drug-likeness (QED) is 0.635. The molecule has 2 N–H and O–H groups in total. The van der Waals surface area contributed by atoms with Crippen LogP contribution in [0.3, 0.4) is 0 Å². The molecule has 0 aliphatic heterocycles. The van der Waals surface area contributed by atoms with Crippen LogP contribution in [0.15, 0.2) is 0 Å².